The molecule has 1 atom stereocenters. The fraction of sp³-hybridized carbons (Fsp3) is 0.600. The average Bonchev–Trinajstić information content (AvgIpc) is 2.49. The maximum Gasteiger partial charge on any atom is 0.203 e. The summed E-state index contributed by atoms with van der Waals surface area (Å²) in [5.74, 6) is 2.09. The Hall–Kier alpha value is -0.940. The van der Waals surface area contributed by atoms with E-state index in [2.05, 4.69) is 21.2 Å². The summed E-state index contributed by atoms with van der Waals surface area (Å²) < 4.78 is 17.4. The molecule has 1 aliphatic heterocycles. The van der Waals surface area contributed by atoms with E-state index >= 15 is 0 Å². The fourth-order valence-corrected chi connectivity index (χ4v) is 3.27. The molecule has 2 rings (SSSR count). The third-order valence-corrected chi connectivity index (χ3v) is 4.45. The molecule has 5 heteroatoms. The molecule has 1 unspecified atom stereocenters. The minimum Gasteiger partial charge on any atom is -0.493 e. The lowest BCUT2D eigenvalue weighted by molar-refractivity contribution is 0.319. The quantitative estimate of drug-likeness (QED) is 0.891. The molecule has 1 heterocycles. The summed E-state index contributed by atoms with van der Waals surface area (Å²) in [6.07, 6.45) is 4.67. The number of ether oxygens (including phenoxy) is 3. The highest BCUT2D eigenvalue weighted by molar-refractivity contribution is 9.10. The monoisotopic (exact) mass is 343 g/mol. The van der Waals surface area contributed by atoms with E-state index in [1.54, 1.807) is 21.3 Å². The van der Waals surface area contributed by atoms with E-state index in [-0.39, 0.29) is 0 Å². The van der Waals surface area contributed by atoms with Crippen molar-refractivity contribution < 1.29 is 14.2 Å². The molecule has 4 nitrogen and oxygen atoms in total. The van der Waals surface area contributed by atoms with E-state index < -0.39 is 0 Å². The van der Waals surface area contributed by atoms with Crippen LogP contribution in [0.5, 0.6) is 17.2 Å². The summed E-state index contributed by atoms with van der Waals surface area (Å²) in [5, 5.41) is 3.56. The Bertz CT molecular complexity index is 459. The molecule has 1 N–H and O–H groups in total. The second-order valence-electron chi connectivity index (χ2n) is 4.96. The van der Waals surface area contributed by atoms with Gasteiger partial charge in [0.1, 0.15) is 0 Å². The molecule has 0 saturated carbocycles. The topological polar surface area (TPSA) is 39.7 Å². The van der Waals surface area contributed by atoms with E-state index in [0.29, 0.717) is 17.5 Å². The molecule has 0 radical (unpaired) electrons. The van der Waals surface area contributed by atoms with Crippen LogP contribution in [0, 0.1) is 0 Å². The first-order chi connectivity index (χ1) is 9.71. The van der Waals surface area contributed by atoms with Crippen LogP contribution in [0.2, 0.25) is 0 Å². The lowest BCUT2D eigenvalue weighted by atomic mass is 9.97. The van der Waals surface area contributed by atoms with Crippen molar-refractivity contribution in [3.8, 4) is 17.2 Å². The molecule has 0 aliphatic carbocycles. The van der Waals surface area contributed by atoms with Crippen LogP contribution in [0.25, 0.3) is 0 Å². The Balaban J connectivity index is 2.35. The molecule has 1 saturated heterocycles. The van der Waals surface area contributed by atoms with Gasteiger partial charge in [-0.2, -0.15) is 0 Å². The number of halogens is 1. The van der Waals surface area contributed by atoms with E-state index in [0.717, 1.165) is 28.8 Å². The first-order valence-electron chi connectivity index (χ1n) is 6.92. The van der Waals surface area contributed by atoms with Gasteiger partial charge in [-0.3, -0.25) is 0 Å². The highest BCUT2D eigenvalue weighted by Crippen LogP contribution is 2.44. The molecule has 0 amide bonds. The summed E-state index contributed by atoms with van der Waals surface area (Å²) in [6.45, 7) is 1.10. The summed E-state index contributed by atoms with van der Waals surface area (Å²) in [6, 6.07) is 2.44. The Morgan fingerprint density at radius 2 is 1.90 bits per heavy atom. The fourth-order valence-electron chi connectivity index (χ4n) is 2.72. The van der Waals surface area contributed by atoms with Crippen LogP contribution >= 0.6 is 15.9 Å². The van der Waals surface area contributed by atoms with Crippen LogP contribution in [0.1, 0.15) is 24.8 Å². The molecule has 1 fully saturated rings. The van der Waals surface area contributed by atoms with Crippen molar-refractivity contribution in [3.63, 3.8) is 0 Å². The Morgan fingerprint density at radius 3 is 2.45 bits per heavy atom. The summed E-state index contributed by atoms with van der Waals surface area (Å²) in [4.78, 5) is 0. The van der Waals surface area contributed by atoms with Crippen molar-refractivity contribution in [2.75, 3.05) is 27.9 Å². The van der Waals surface area contributed by atoms with Crippen LogP contribution in [0.4, 0.5) is 0 Å². The van der Waals surface area contributed by atoms with Crippen molar-refractivity contribution >= 4 is 15.9 Å². The van der Waals surface area contributed by atoms with Crippen molar-refractivity contribution in [2.24, 2.45) is 0 Å². The molecule has 0 aromatic heterocycles. The Labute approximate surface area is 128 Å². The van der Waals surface area contributed by atoms with Crippen LogP contribution < -0.4 is 19.5 Å². The van der Waals surface area contributed by atoms with Crippen molar-refractivity contribution in [3.05, 3.63) is 16.1 Å². The standard InChI is InChI=1S/C15H22BrNO3/c1-18-13-9-12(16)11(14(19-2)15(13)20-3)8-10-6-4-5-7-17-10/h9-10,17H,4-8H2,1-3H3. The first-order valence-corrected chi connectivity index (χ1v) is 7.71. The maximum absolute atomic E-state index is 5.57. The van der Waals surface area contributed by atoms with Gasteiger partial charge in [-0.15, -0.1) is 0 Å². The van der Waals surface area contributed by atoms with Crippen molar-refractivity contribution in [1.29, 1.82) is 0 Å². The molecule has 1 aromatic rings. The third kappa shape index (κ3) is 3.20. The number of nitrogens with one attached hydrogen (secondary N) is 1. The number of hydrogen-bond acceptors (Lipinski definition) is 4. The zero-order chi connectivity index (χ0) is 14.5. The first kappa shape index (κ1) is 15.4. The van der Waals surface area contributed by atoms with Crippen LogP contribution in [-0.2, 0) is 6.42 Å². The van der Waals surface area contributed by atoms with Gasteiger partial charge in [-0.1, -0.05) is 22.4 Å². The molecular weight excluding hydrogens is 322 g/mol. The molecular formula is C15H22BrNO3. The zero-order valence-corrected chi connectivity index (χ0v) is 13.9. The van der Waals surface area contributed by atoms with Crippen LogP contribution in [0.15, 0.2) is 10.5 Å². The van der Waals surface area contributed by atoms with Crippen LogP contribution in [0.3, 0.4) is 0 Å². The van der Waals surface area contributed by atoms with Crippen molar-refractivity contribution in [1.82, 2.24) is 5.32 Å². The molecule has 1 aliphatic rings. The second kappa shape index (κ2) is 7.18. The third-order valence-electron chi connectivity index (χ3n) is 3.74. The highest BCUT2D eigenvalue weighted by atomic mass is 79.9. The number of piperidine rings is 1. The second-order valence-corrected chi connectivity index (χ2v) is 5.81. The maximum atomic E-state index is 5.57. The Morgan fingerprint density at radius 1 is 1.15 bits per heavy atom. The Kier molecular flexibility index (Phi) is 5.54. The molecule has 0 spiro atoms. The van der Waals surface area contributed by atoms with Gasteiger partial charge in [0.05, 0.1) is 21.3 Å². The summed E-state index contributed by atoms with van der Waals surface area (Å²) >= 11 is 3.63. The van der Waals surface area contributed by atoms with Gasteiger partial charge < -0.3 is 19.5 Å². The number of benzene rings is 1. The van der Waals surface area contributed by atoms with E-state index in [1.807, 2.05) is 6.07 Å². The number of hydrogen-bond donors (Lipinski definition) is 1. The van der Waals surface area contributed by atoms with Crippen molar-refractivity contribution in [2.45, 2.75) is 31.7 Å². The zero-order valence-electron chi connectivity index (χ0n) is 12.3. The largest absolute Gasteiger partial charge is 0.493 e. The van der Waals surface area contributed by atoms with E-state index in [9.17, 15) is 0 Å². The summed E-state index contributed by atoms with van der Waals surface area (Å²) in [5.41, 5.74) is 1.13. The average molecular weight is 344 g/mol. The van der Waals surface area contributed by atoms with Gasteiger partial charge >= 0.3 is 0 Å². The van der Waals surface area contributed by atoms with Gasteiger partial charge in [-0.25, -0.2) is 0 Å². The SMILES string of the molecule is COc1cc(Br)c(CC2CCCCN2)c(OC)c1OC. The smallest absolute Gasteiger partial charge is 0.203 e. The molecule has 112 valence electrons. The highest BCUT2D eigenvalue weighted by Gasteiger charge is 2.23. The van der Waals surface area contributed by atoms with E-state index in [4.69, 9.17) is 14.2 Å². The van der Waals surface area contributed by atoms with Gasteiger partial charge in [-0.05, 0) is 31.9 Å². The molecule has 20 heavy (non-hydrogen) atoms. The lowest BCUT2D eigenvalue weighted by Gasteiger charge is -2.25. The van der Waals surface area contributed by atoms with Gasteiger partial charge in [0.2, 0.25) is 5.75 Å². The predicted molar refractivity (Wildman–Crippen MR) is 83.1 cm³/mol. The summed E-state index contributed by atoms with van der Waals surface area (Å²) in [7, 11) is 4.94. The normalized spacial score (nSPS) is 18.7. The van der Waals surface area contributed by atoms with E-state index in [1.165, 1.54) is 19.3 Å². The molecule has 0 bridgehead atoms. The molecule has 1 aromatic carbocycles. The van der Waals surface area contributed by atoms with Gasteiger partial charge in [0, 0.05) is 16.1 Å². The minimum absolute atomic E-state index is 0.493. The number of rotatable bonds is 5. The van der Waals surface area contributed by atoms with Gasteiger partial charge in [0.15, 0.2) is 11.5 Å². The predicted octanol–water partition coefficient (Wildman–Crippen LogP) is 3.16. The van der Waals surface area contributed by atoms with Gasteiger partial charge in [0.25, 0.3) is 0 Å². The minimum atomic E-state index is 0.493. The lowest BCUT2D eigenvalue weighted by Crippen LogP contribution is -2.35. The number of methoxy groups -OCH3 is 3. The van der Waals surface area contributed by atoms with Crippen LogP contribution in [-0.4, -0.2) is 33.9 Å².